The van der Waals surface area contributed by atoms with Gasteiger partial charge in [-0.25, -0.2) is 0 Å². The molecule has 1 heterocycles. The Morgan fingerprint density at radius 1 is 1.04 bits per heavy atom. The Kier molecular flexibility index (Phi) is 5.46. The van der Waals surface area contributed by atoms with Crippen LogP contribution in [0.3, 0.4) is 0 Å². The van der Waals surface area contributed by atoms with Crippen molar-refractivity contribution in [3.8, 4) is 0 Å². The van der Waals surface area contributed by atoms with Gasteiger partial charge >= 0.3 is 0 Å². The second kappa shape index (κ2) is 7.54. The standard InChI is InChI=1S/C18H21N3O2/c1-4-7-20-17(22)14-9-15(11-19-10-14)18(23)21-16-8-12(2)5-6-13(16)3/h5-6,8-11H,4,7H2,1-3H3,(H,20,22)(H,21,23). The molecule has 0 aliphatic rings. The van der Waals surface area contributed by atoms with E-state index in [-0.39, 0.29) is 11.8 Å². The van der Waals surface area contributed by atoms with Crippen molar-refractivity contribution in [3.05, 3.63) is 58.9 Å². The summed E-state index contributed by atoms with van der Waals surface area (Å²) in [7, 11) is 0. The number of nitrogens with zero attached hydrogens (tertiary/aromatic N) is 1. The van der Waals surface area contributed by atoms with Gasteiger partial charge in [0.05, 0.1) is 11.1 Å². The Hall–Kier alpha value is -2.69. The summed E-state index contributed by atoms with van der Waals surface area (Å²) >= 11 is 0. The van der Waals surface area contributed by atoms with Crippen LogP contribution >= 0.6 is 0 Å². The number of benzene rings is 1. The van der Waals surface area contributed by atoms with Crippen molar-refractivity contribution in [2.24, 2.45) is 0 Å². The van der Waals surface area contributed by atoms with E-state index in [1.807, 2.05) is 39.0 Å². The van der Waals surface area contributed by atoms with E-state index in [0.29, 0.717) is 17.7 Å². The molecule has 0 aliphatic heterocycles. The number of hydrogen-bond acceptors (Lipinski definition) is 3. The van der Waals surface area contributed by atoms with Gasteiger partial charge < -0.3 is 10.6 Å². The molecule has 2 amide bonds. The van der Waals surface area contributed by atoms with Gasteiger partial charge in [-0.3, -0.25) is 14.6 Å². The van der Waals surface area contributed by atoms with E-state index in [9.17, 15) is 9.59 Å². The summed E-state index contributed by atoms with van der Waals surface area (Å²) in [6.45, 7) is 6.47. The number of rotatable bonds is 5. The van der Waals surface area contributed by atoms with E-state index in [1.165, 1.54) is 12.4 Å². The van der Waals surface area contributed by atoms with E-state index < -0.39 is 0 Å². The molecule has 0 saturated carbocycles. The number of carbonyl (C=O) groups is 2. The Labute approximate surface area is 136 Å². The highest BCUT2D eigenvalue weighted by molar-refractivity contribution is 6.06. The lowest BCUT2D eigenvalue weighted by Gasteiger charge is -2.10. The van der Waals surface area contributed by atoms with Crippen LogP contribution in [0, 0.1) is 13.8 Å². The Morgan fingerprint density at radius 2 is 1.74 bits per heavy atom. The van der Waals surface area contributed by atoms with Crippen LogP contribution in [0.15, 0.2) is 36.7 Å². The lowest BCUT2D eigenvalue weighted by Crippen LogP contribution is -2.24. The molecule has 0 bridgehead atoms. The van der Waals surface area contributed by atoms with Crippen molar-refractivity contribution < 1.29 is 9.59 Å². The molecule has 2 rings (SSSR count). The van der Waals surface area contributed by atoms with Gasteiger partial charge in [0.25, 0.3) is 11.8 Å². The number of aryl methyl sites for hydroxylation is 2. The lowest BCUT2D eigenvalue weighted by atomic mass is 10.1. The maximum absolute atomic E-state index is 12.4. The fraction of sp³-hybridized carbons (Fsp3) is 0.278. The smallest absolute Gasteiger partial charge is 0.257 e. The number of nitrogens with one attached hydrogen (secondary N) is 2. The van der Waals surface area contributed by atoms with E-state index in [4.69, 9.17) is 0 Å². The predicted octanol–water partition coefficient (Wildman–Crippen LogP) is 3.09. The number of anilines is 1. The molecular formula is C18H21N3O2. The molecule has 0 spiro atoms. The van der Waals surface area contributed by atoms with Crippen LogP contribution in [0.5, 0.6) is 0 Å². The Balaban J connectivity index is 2.16. The van der Waals surface area contributed by atoms with E-state index in [0.717, 1.165) is 23.2 Å². The highest BCUT2D eigenvalue weighted by Crippen LogP contribution is 2.17. The van der Waals surface area contributed by atoms with Crippen LogP contribution in [0.25, 0.3) is 0 Å². The van der Waals surface area contributed by atoms with Crippen LogP contribution < -0.4 is 10.6 Å². The summed E-state index contributed by atoms with van der Waals surface area (Å²) in [6.07, 6.45) is 3.77. The average molecular weight is 311 g/mol. The zero-order chi connectivity index (χ0) is 16.8. The van der Waals surface area contributed by atoms with Gasteiger partial charge in [-0.05, 0) is 43.5 Å². The predicted molar refractivity (Wildman–Crippen MR) is 90.7 cm³/mol. The highest BCUT2D eigenvalue weighted by atomic mass is 16.2. The van der Waals surface area contributed by atoms with Gasteiger partial charge in [0.15, 0.2) is 0 Å². The molecule has 0 atom stereocenters. The maximum atomic E-state index is 12.4. The lowest BCUT2D eigenvalue weighted by molar-refractivity contribution is 0.0953. The van der Waals surface area contributed by atoms with Crippen LogP contribution in [0.2, 0.25) is 0 Å². The molecule has 0 fully saturated rings. The summed E-state index contributed by atoms with van der Waals surface area (Å²) in [5.41, 5.74) is 3.54. The maximum Gasteiger partial charge on any atom is 0.257 e. The van der Waals surface area contributed by atoms with Crippen molar-refractivity contribution in [2.45, 2.75) is 27.2 Å². The van der Waals surface area contributed by atoms with Gasteiger partial charge in [0.1, 0.15) is 0 Å². The molecular weight excluding hydrogens is 290 g/mol. The SMILES string of the molecule is CCCNC(=O)c1cncc(C(=O)Nc2cc(C)ccc2C)c1. The first-order valence-corrected chi connectivity index (χ1v) is 7.63. The molecule has 1 aromatic carbocycles. The molecule has 5 heteroatoms. The van der Waals surface area contributed by atoms with Crippen LogP contribution in [0.1, 0.15) is 45.2 Å². The van der Waals surface area contributed by atoms with Gasteiger partial charge in [-0.1, -0.05) is 19.1 Å². The summed E-state index contributed by atoms with van der Waals surface area (Å²) in [6, 6.07) is 7.42. The van der Waals surface area contributed by atoms with Crippen molar-refractivity contribution in [1.82, 2.24) is 10.3 Å². The summed E-state index contributed by atoms with van der Waals surface area (Å²) in [5, 5.41) is 5.64. The normalized spacial score (nSPS) is 10.2. The summed E-state index contributed by atoms with van der Waals surface area (Å²) in [5.74, 6) is -0.503. The van der Waals surface area contributed by atoms with Crippen LogP contribution in [-0.2, 0) is 0 Å². The third kappa shape index (κ3) is 4.39. The number of amides is 2. The summed E-state index contributed by atoms with van der Waals surface area (Å²) < 4.78 is 0. The average Bonchev–Trinajstić information content (AvgIpc) is 2.56. The van der Waals surface area contributed by atoms with Crippen molar-refractivity contribution in [2.75, 3.05) is 11.9 Å². The zero-order valence-electron chi connectivity index (χ0n) is 13.6. The molecule has 0 saturated heterocycles. The van der Waals surface area contributed by atoms with Crippen molar-refractivity contribution >= 4 is 17.5 Å². The van der Waals surface area contributed by atoms with Gasteiger partial charge in [0.2, 0.25) is 0 Å². The second-order valence-corrected chi connectivity index (χ2v) is 5.49. The minimum absolute atomic E-state index is 0.222. The minimum Gasteiger partial charge on any atom is -0.352 e. The molecule has 23 heavy (non-hydrogen) atoms. The molecule has 1 aromatic heterocycles. The highest BCUT2D eigenvalue weighted by Gasteiger charge is 2.12. The monoisotopic (exact) mass is 311 g/mol. The molecule has 0 unspecified atom stereocenters. The molecule has 0 aliphatic carbocycles. The zero-order valence-corrected chi connectivity index (χ0v) is 13.6. The first-order chi connectivity index (χ1) is 11.0. The van der Waals surface area contributed by atoms with Crippen molar-refractivity contribution in [3.63, 3.8) is 0 Å². The second-order valence-electron chi connectivity index (χ2n) is 5.49. The first-order valence-electron chi connectivity index (χ1n) is 7.63. The van der Waals surface area contributed by atoms with E-state index in [1.54, 1.807) is 6.07 Å². The molecule has 2 N–H and O–H groups in total. The number of carbonyl (C=O) groups excluding carboxylic acids is 2. The Bertz CT molecular complexity index is 726. The number of hydrogen-bond donors (Lipinski definition) is 2. The van der Waals surface area contributed by atoms with Crippen LogP contribution in [0.4, 0.5) is 5.69 Å². The fourth-order valence-corrected chi connectivity index (χ4v) is 2.09. The third-order valence-electron chi connectivity index (χ3n) is 3.44. The van der Waals surface area contributed by atoms with E-state index >= 15 is 0 Å². The summed E-state index contributed by atoms with van der Waals surface area (Å²) in [4.78, 5) is 28.3. The Morgan fingerprint density at radius 3 is 2.43 bits per heavy atom. The minimum atomic E-state index is -0.281. The van der Waals surface area contributed by atoms with Crippen LogP contribution in [-0.4, -0.2) is 23.3 Å². The third-order valence-corrected chi connectivity index (χ3v) is 3.44. The molecule has 5 nitrogen and oxygen atoms in total. The quantitative estimate of drug-likeness (QED) is 0.891. The number of pyridine rings is 1. The molecule has 0 radical (unpaired) electrons. The molecule has 120 valence electrons. The largest absolute Gasteiger partial charge is 0.352 e. The van der Waals surface area contributed by atoms with E-state index in [2.05, 4.69) is 15.6 Å². The topological polar surface area (TPSA) is 71.1 Å². The van der Waals surface area contributed by atoms with Gasteiger partial charge in [-0.2, -0.15) is 0 Å². The number of aromatic nitrogens is 1. The fourth-order valence-electron chi connectivity index (χ4n) is 2.09. The molecule has 2 aromatic rings. The first kappa shape index (κ1) is 16.7. The van der Waals surface area contributed by atoms with Crippen molar-refractivity contribution in [1.29, 1.82) is 0 Å². The van der Waals surface area contributed by atoms with Gasteiger partial charge in [0, 0.05) is 24.6 Å². The van der Waals surface area contributed by atoms with Gasteiger partial charge in [-0.15, -0.1) is 0 Å².